The molecule has 0 saturated heterocycles. The highest BCUT2D eigenvalue weighted by molar-refractivity contribution is 5.92. The van der Waals surface area contributed by atoms with E-state index in [4.69, 9.17) is 9.26 Å². The van der Waals surface area contributed by atoms with Crippen LogP contribution in [0.2, 0.25) is 0 Å². The molecule has 1 saturated carbocycles. The van der Waals surface area contributed by atoms with Gasteiger partial charge in [-0.25, -0.2) is 0 Å². The number of aromatic nitrogens is 1. The molecule has 0 spiro atoms. The largest absolute Gasteiger partial charge is 0.387 e. The molecule has 1 unspecified atom stereocenters. The summed E-state index contributed by atoms with van der Waals surface area (Å²) in [7, 11) is 0. The number of nitrogens with one attached hydrogen (secondary N) is 1. The van der Waals surface area contributed by atoms with E-state index in [1.807, 2.05) is 34.6 Å². The molecule has 1 fully saturated rings. The van der Waals surface area contributed by atoms with Crippen molar-refractivity contribution in [2.24, 2.45) is 5.41 Å². The van der Waals surface area contributed by atoms with Gasteiger partial charge in [0.1, 0.15) is 6.61 Å². The molecule has 0 bridgehead atoms. The fourth-order valence-corrected chi connectivity index (χ4v) is 2.81. The van der Waals surface area contributed by atoms with Gasteiger partial charge < -0.3 is 19.7 Å². The summed E-state index contributed by atoms with van der Waals surface area (Å²) in [6, 6.07) is 1.57. The average molecular weight is 324 g/mol. The Morgan fingerprint density at radius 1 is 1.43 bits per heavy atom. The first kappa shape index (κ1) is 17.9. The van der Waals surface area contributed by atoms with Gasteiger partial charge >= 0.3 is 0 Å². The number of nitrogens with zero attached hydrogens (tertiary/aromatic N) is 1. The summed E-state index contributed by atoms with van der Waals surface area (Å²) in [5.41, 5.74) is -1.15. The summed E-state index contributed by atoms with van der Waals surface area (Å²) in [5.74, 6) is 0.164. The van der Waals surface area contributed by atoms with Crippen LogP contribution in [-0.2, 0) is 11.3 Å². The number of hydrogen-bond acceptors (Lipinski definition) is 5. The van der Waals surface area contributed by atoms with Gasteiger partial charge in [-0.1, -0.05) is 19.0 Å². The SMILES string of the molecule is CC(C)(C)OCc1cc(C(=O)NCC2(O)CCCC2(C)C)no1. The van der Waals surface area contributed by atoms with Crippen LogP contribution >= 0.6 is 0 Å². The van der Waals surface area contributed by atoms with E-state index in [2.05, 4.69) is 10.5 Å². The Labute approximate surface area is 137 Å². The predicted octanol–water partition coefficient (Wildman–Crippen LogP) is 2.66. The topological polar surface area (TPSA) is 84.6 Å². The van der Waals surface area contributed by atoms with Crippen LogP contribution in [0.3, 0.4) is 0 Å². The maximum atomic E-state index is 12.2. The molecule has 2 N–H and O–H groups in total. The van der Waals surface area contributed by atoms with Crippen LogP contribution < -0.4 is 5.32 Å². The second-order valence-electron chi connectivity index (χ2n) is 8.03. The Morgan fingerprint density at radius 3 is 2.70 bits per heavy atom. The molecule has 1 aromatic heterocycles. The number of hydrogen-bond donors (Lipinski definition) is 2. The van der Waals surface area contributed by atoms with Gasteiger partial charge in [-0.3, -0.25) is 4.79 Å². The molecule has 1 heterocycles. The summed E-state index contributed by atoms with van der Waals surface area (Å²) in [5, 5.41) is 17.3. The number of amides is 1. The third-order valence-electron chi connectivity index (χ3n) is 4.63. The lowest BCUT2D eigenvalue weighted by Crippen LogP contribution is -2.49. The lowest BCUT2D eigenvalue weighted by Gasteiger charge is -2.36. The van der Waals surface area contributed by atoms with Crippen molar-refractivity contribution >= 4 is 5.91 Å². The van der Waals surface area contributed by atoms with Crippen LogP contribution in [0, 0.1) is 5.41 Å². The van der Waals surface area contributed by atoms with E-state index in [0.29, 0.717) is 12.2 Å². The highest BCUT2D eigenvalue weighted by atomic mass is 16.5. The van der Waals surface area contributed by atoms with Gasteiger partial charge in [-0.05, 0) is 45.4 Å². The highest BCUT2D eigenvalue weighted by Crippen LogP contribution is 2.45. The lowest BCUT2D eigenvalue weighted by molar-refractivity contribution is -0.0394. The van der Waals surface area contributed by atoms with Gasteiger partial charge in [0, 0.05) is 12.6 Å². The standard InChI is InChI=1S/C17H28N2O4/c1-15(2,3)22-10-12-9-13(19-23-12)14(20)18-11-17(21)8-6-7-16(17,4)5/h9,21H,6-8,10-11H2,1-5H3,(H,18,20). The van der Waals surface area contributed by atoms with E-state index in [9.17, 15) is 9.90 Å². The number of carbonyl (C=O) groups excluding carboxylic acids is 1. The average Bonchev–Trinajstić information content (AvgIpc) is 2.99. The van der Waals surface area contributed by atoms with Gasteiger partial charge in [0.15, 0.2) is 11.5 Å². The second kappa shape index (κ2) is 6.24. The summed E-state index contributed by atoms with van der Waals surface area (Å²) in [6.07, 6.45) is 2.62. The second-order valence-corrected chi connectivity index (χ2v) is 8.03. The Kier molecular flexibility index (Phi) is 4.87. The molecular formula is C17H28N2O4. The quantitative estimate of drug-likeness (QED) is 0.870. The number of ether oxygens (including phenoxy) is 1. The number of carbonyl (C=O) groups is 1. The fraction of sp³-hybridized carbons (Fsp3) is 0.765. The van der Waals surface area contributed by atoms with Gasteiger partial charge in [-0.2, -0.15) is 0 Å². The third kappa shape index (κ3) is 4.32. The summed E-state index contributed by atoms with van der Waals surface area (Å²) < 4.78 is 10.7. The number of rotatable bonds is 5. The first-order chi connectivity index (χ1) is 10.5. The molecule has 6 heteroatoms. The predicted molar refractivity (Wildman–Crippen MR) is 86.0 cm³/mol. The third-order valence-corrected chi connectivity index (χ3v) is 4.63. The van der Waals surface area contributed by atoms with Crippen LogP contribution in [0.5, 0.6) is 0 Å². The van der Waals surface area contributed by atoms with Gasteiger partial charge in [-0.15, -0.1) is 0 Å². The summed E-state index contributed by atoms with van der Waals surface area (Å²) >= 11 is 0. The van der Waals surface area contributed by atoms with Gasteiger partial charge in [0.25, 0.3) is 5.91 Å². The van der Waals surface area contributed by atoms with Crippen molar-refractivity contribution in [3.8, 4) is 0 Å². The number of aliphatic hydroxyl groups is 1. The van der Waals surface area contributed by atoms with Crippen molar-refractivity contribution in [3.05, 3.63) is 17.5 Å². The van der Waals surface area contributed by atoms with Crippen molar-refractivity contribution in [2.45, 2.75) is 71.7 Å². The van der Waals surface area contributed by atoms with Crippen LogP contribution in [-0.4, -0.2) is 33.9 Å². The van der Waals surface area contributed by atoms with Crippen molar-refractivity contribution in [1.29, 1.82) is 0 Å². The smallest absolute Gasteiger partial charge is 0.273 e. The summed E-state index contributed by atoms with van der Waals surface area (Å²) in [6.45, 7) is 10.4. The van der Waals surface area contributed by atoms with Crippen LogP contribution in [0.1, 0.15) is 70.1 Å². The first-order valence-corrected chi connectivity index (χ1v) is 8.13. The molecule has 2 rings (SSSR count). The van der Waals surface area contributed by atoms with Crippen LogP contribution in [0.25, 0.3) is 0 Å². The molecular weight excluding hydrogens is 296 g/mol. The van der Waals surface area contributed by atoms with E-state index in [1.54, 1.807) is 6.07 Å². The minimum absolute atomic E-state index is 0.199. The molecule has 1 aliphatic rings. The maximum absolute atomic E-state index is 12.2. The normalized spacial score (nSPS) is 23.9. The molecule has 6 nitrogen and oxygen atoms in total. The van der Waals surface area contributed by atoms with E-state index in [1.165, 1.54) is 0 Å². The van der Waals surface area contributed by atoms with Crippen molar-refractivity contribution in [1.82, 2.24) is 10.5 Å². The molecule has 23 heavy (non-hydrogen) atoms. The van der Waals surface area contributed by atoms with E-state index in [0.717, 1.165) is 12.8 Å². The molecule has 0 aromatic carbocycles. The summed E-state index contributed by atoms with van der Waals surface area (Å²) in [4.78, 5) is 12.2. The van der Waals surface area contributed by atoms with E-state index >= 15 is 0 Å². The van der Waals surface area contributed by atoms with Crippen molar-refractivity contribution in [2.75, 3.05) is 6.54 Å². The molecule has 1 atom stereocenters. The fourth-order valence-electron chi connectivity index (χ4n) is 2.81. The lowest BCUT2D eigenvalue weighted by atomic mass is 9.78. The van der Waals surface area contributed by atoms with Crippen molar-refractivity contribution in [3.63, 3.8) is 0 Å². The Balaban J connectivity index is 1.90. The van der Waals surface area contributed by atoms with Gasteiger partial charge in [0.05, 0.1) is 11.2 Å². The molecule has 1 aliphatic carbocycles. The van der Waals surface area contributed by atoms with Crippen molar-refractivity contribution < 1.29 is 19.2 Å². The van der Waals surface area contributed by atoms with Crippen LogP contribution in [0.4, 0.5) is 0 Å². The zero-order valence-electron chi connectivity index (χ0n) is 14.7. The van der Waals surface area contributed by atoms with Crippen LogP contribution in [0.15, 0.2) is 10.6 Å². The maximum Gasteiger partial charge on any atom is 0.273 e. The molecule has 1 aromatic rings. The zero-order chi connectivity index (χ0) is 17.3. The van der Waals surface area contributed by atoms with Gasteiger partial charge in [0.2, 0.25) is 0 Å². The minimum Gasteiger partial charge on any atom is -0.387 e. The zero-order valence-corrected chi connectivity index (χ0v) is 14.7. The Morgan fingerprint density at radius 2 is 2.13 bits per heavy atom. The van der Waals surface area contributed by atoms with E-state index in [-0.39, 0.29) is 35.8 Å². The molecule has 0 aliphatic heterocycles. The Hall–Kier alpha value is -1.40. The molecule has 0 radical (unpaired) electrons. The highest BCUT2D eigenvalue weighted by Gasteiger charge is 2.47. The molecule has 1 amide bonds. The Bertz CT molecular complexity index is 559. The molecule has 130 valence electrons. The monoisotopic (exact) mass is 324 g/mol. The first-order valence-electron chi connectivity index (χ1n) is 8.13. The minimum atomic E-state index is -0.870. The van der Waals surface area contributed by atoms with E-state index < -0.39 is 5.60 Å².